The lowest BCUT2D eigenvalue weighted by Gasteiger charge is -2.28. The van der Waals surface area contributed by atoms with Crippen molar-refractivity contribution in [2.45, 2.75) is 39.3 Å². The van der Waals surface area contributed by atoms with Crippen LogP contribution in [0.3, 0.4) is 0 Å². The van der Waals surface area contributed by atoms with Gasteiger partial charge in [-0.25, -0.2) is 4.79 Å². The van der Waals surface area contributed by atoms with Gasteiger partial charge in [-0.1, -0.05) is 18.2 Å². The van der Waals surface area contributed by atoms with Crippen molar-refractivity contribution in [2.75, 3.05) is 19.6 Å². The number of carbonyl (C=O) groups excluding carboxylic acids is 1. The van der Waals surface area contributed by atoms with Crippen LogP contribution in [0, 0.1) is 0 Å². The van der Waals surface area contributed by atoms with Crippen molar-refractivity contribution in [1.82, 2.24) is 24.8 Å². The number of unbranched alkanes of at least 4 members (excludes halogenated alkanes) is 1. The zero-order chi connectivity index (χ0) is 22.1. The van der Waals surface area contributed by atoms with Crippen LogP contribution in [0.1, 0.15) is 41.4 Å². The smallest absolute Gasteiger partial charge is 0.323 e. The summed E-state index contributed by atoms with van der Waals surface area (Å²) in [6, 6.07) is 13.9. The predicted octanol–water partition coefficient (Wildman–Crippen LogP) is 3.40. The van der Waals surface area contributed by atoms with Crippen LogP contribution in [0.5, 0.6) is 0 Å². The highest BCUT2D eigenvalue weighted by Crippen LogP contribution is 2.30. The molecule has 0 saturated heterocycles. The molecule has 0 atom stereocenters. The fraction of sp³-hybridized carbons (Fsp3) is 0.360. The number of rotatable bonds is 7. The molecule has 32 heavy (non-hydrogen) atoms. The maximum atomic E-state index is 12.4. The second kappa shape index (κ2) is 8.67. The molecule has 5 rings (SSSR count). The molecule has 1 amide bonds. The van der Waals surface area contributed by atoms with Gasteiger partial charge in [-0.15, -0.1) is 0 Å². The molecule has 0 saturated carbocycles. The molecule has 0 spiro atoms. The Kier molecular flexibility index (Phi) is 5.57. The summed E-state index contributed by atoms with van der Waals surface area (Å²) in [5.41, 5.74) is 5.99. The van der Waals surface area contributed by atoms with E-state index >= 15 is 0 Å². The van der Waals surface area contributed by atoms with Crippen LogP contribution < -0.4 is 11.0 Å². The Balaban J connectivity index is 1.12. The summed E-state index contributed by atoms with van der Waals surface area (Å²) in [5, 5.41) is 4.41. The monoisotopic (exact) mass is 431 g/mol. The van der Waals surface area contributed by atoms with E-state index in [0.717, 1.165) is 45.4 Å². The molecule has 4 aromatic rings. The third-order valence-electron chi connectivity index (χ3n) is 6.53. The Morgan fingerprint density at radius 3 is 2.81 bits per heavy atom. The number of aromatic nitrogens is 3. The highest BCUT2D eigenvalue weighted by atomic mass is 16.2. The van der Waals surface area contributed by atoms with Crippen molar-refractivity contribution in [3.63, 3.8) is 0 Å². The molecule has 0 fully saturated rings. The van der Waals surface area contributed by atoms with Gasteiger partial charge in [0.1, 0.15) is 0 Å². The minimum absolute atomic E-state index is 0.107. The number of aryl methyl sites for hydroxylation is 1. The molecule has 0 unspecified atom stereocenters. The number of fused-ring (bicyclic) bond motifs is 4. The summed E-state index contributed by atoms with van der Waals surface area (Å²) in [6.45, 7) is 6.99. The van der Waals surface area contributed by atoms with Gasteiger partial charge in [0, 0.05) is 48.3 Å². The number of benzene rings is 2. The van der Waals surface area contributed by atoms with Gasteiger partial charge in [-0.05, 0) is 62.6 Å². The quantitative estimate of drug-likeness (QED) is 0.392. The maximum Gasteiger partial charge on any atom is 0.323 e. The molecule has 1 aliphatic rings. The van der Waals surface area contributed by atoms with Crippen LogP contribution in [-0.4, -0.2) is 45.0 Å². The van der Waals surface area contributed by atoms with Crippen LogP contribution in [0.2, 0.25) is 0 Å². The third kappa shape index (κ3) is 3.84. The number of carbonyl (C=O) groups is 1. The molecule has 3 N–H and O–H groups in total. The lowest BCUT2D eigenvalue weighted by atomic mass is 10.0. The summed E-state index contributed by atoms with van der Waals surface area (Å²) in [6.07, 6.45) is 3.09. The fourth-order valence-electron chi connectivity index (χ4n) is 4.94. The second-order valence-corrected chi connectivity index (χ2v) is 8.52. The number of para-hydroxylation sites is 1. The van der Waals surface area contributed by atoms with Crippen LogP contribution in [-0.2, 0) is 19.5 Å². The summed E-state index contributed by atoms with van der Waals surface area (Å²) < 4.78 is 2.46. The number of amides is 1. The minimum atomic E-state index is -0.262. The average Bonchev–Trinajstić information content (AvgIpc) is 3.34. The van der Waals surface area contributed by atoms with Gasteiger partial charge in [-0.2, -0.15) is 0 Å². The number of imidazole rings is 1. The number of H-pyrrole nitrogens is 2. The van der Waals surface area contributed by atoms with Crippen molar-refractivity contribution >= 4 is 27.8 Å². The van der Waals surface area contributed by atoms with Crippen molar-refractivity contribution < 1.29 is 4.79 Å². The molecule has 2 aromatic carbocycles. The van der Waals surface area contributed by atoms with E-state index in [0.29, 0.717) is 23.1 Å². The van der Waals surface area contributed by atoms with E-state index in [1.807, 2.05) is 0 Å². The van der Waals surface area contributed by atoms with Crippen molar-refractivity contribution in [2.24, 2.45) is 0 Å². The van der Waals surface area contributed by atoms with E-state index in [1.165, 1.54) is 22.2 Å². The number of nitrogens with one attached hydrogen (secondary N) is 3. The molecule has 2 aromatic heterocycles. The van der Waals surface area contributed by atoms with Crippen molar-refractivity contribution in [3.8, 4) is 0 Å². The van der Waals surface area contributed by atoms with E-state index in [1.54, 1.807) is 18.2 Å². The molecule has 1 aliphatic heterocycles. The van der Waals surface area contributed by atoms with Crippen molar-refractivity contribution in [1.29, 1.82) is 0 Å². The molecule has 0 radical (unpaired) electrons. The maximum absolute atomic E-state index is 12.4. The normalized spacial score (nSPS) is 14.2. The standard InChI is InChI=1S/C25H29N5O2/c1-2-30-22-8-4-3-7-18(22)19-11-14-29(16-23(19)30)13-6-5-12-26-24(31)17-9-10-20-21(15-17)28-25(32)27-20/h3-4,7-10,15H,2,5-6,11-14,16H2,1H3,(H,26,31)(H2,27,28,32). The number of aromatic amines is 2. The Labute approximate surface area is 186 Å². The molecule has 0 aliphatic carbocycles. The van der Waals surface area contributed by atoms with Gasteiger partial charge < -0.3 is 19.9 Å². The molecule has 3 heterocycles. The highest BCUT2D eigenvalue weighted by molar-refractivity contribution is 5.97. The first-order valence-electron chi connectivity index (χ1n) is 11.5. The SMILES string of the molecule is CCn1c2c(c3ccccc31)CCN(CCCCNC(=O)c1ccc3[nH]c(=O)[nH]c3c1)C2. The van der Waals surface area contributed by atoms with E-state index in [9.17, 15) is 9.59 Å². The predicted molar refractivity (Wildman–Crippen MR) is 127 cm³/mol. The summed E-state index contributed by atoms with van der Waals surface area (Å²) >= 11 is 0. The van der Waals surface area contributed by atoms with Crippen LogP contribution in [0.4, 0.5) is 0 Å². The largest absolute Gasteiger partial charge is 0.352 e. The van der Waals surface area contributed by atoms with E-state index in [4.69, 9.17) is 0 Å². The topological polar surface area (TPSA) is 85.9 Å². The Bertz CT molecular complexity index is 1300. The summed E-state index contributed by atoms with van der Waals surface area (Å²) in [4.78, 5) is 31.7. The van der Waals surface area contributed by atoms with Gasteiger partial charge in [0.05, 0.1) is 11.0 Å². The van der Waals surface area contributed by atoms with Crippen LogP contribution >= 0.6 is 0 Å². The number of nitrogens with zero attached hydrogens (tertiary/aromatic N) is 2. The lowest BCUT2D eigenvalue weighted by Crippen LogP contribution is -2.33. The average molecular weight is 432 g/mol. The van der Waals surface area contributed by atoms with E-state index in [2.05, 4.69) is 55.9 Å². The van der Waals surface area contributed by atoms with Crippen LogP contribution in [0.15, 0.2) is 47.3 Å². The number of hydrogen-bond donors (Lipinski definition) is 3. The van der Waals surface area contributed by atoms with Gasteiger partial charge in [0.2, 0.25) is 0 Å². The zero-order valence-electron chi connectivity index (χ0n) is 18.4. The minimum Gasteiger partial charge on any atom is -0.352 e. The number of hydrogen-bond acceptors (Lipinski definition) is 3. The second-order valence-electron chi connectivity index (χ2n) is 8.52. The van der Waals surface area contributed by atoms with Crippen molar-refractivity contribution in [3.05, 3.63) is 69.8 Å². The van der Waals surface area contributed by atoms with E-state index < -0.39 is 0 Å². The van der Waals surface area contributed by atoms with E-state index in [-0.39, 0.29) is 11.6 Å². The van der Waals surface area contributed by atoms with Gasteiger partial charge in [0.25, 0.3) is 5.91 Å². The molecule has 7 heteroatoms. The Morgan fingerprint density at radius 2 is 1.94 bits per heavy atom. The summed E-state index contributed by atoms with van der Waals surface area (Å²) in [5.74, 6) is -0.107. The molecule has 166 valence electrons. The summed E-state index contributed by atoms with van der Waals surface area (Å²) in [7, 11) is 0. The van der Waals surface area contributed by atoms with Gasteiger partial charge in [0.15, 0.2) is 0 Å². The molecular formula is C25H29N5O2. The van der Waals surface area contributed by atoms with Crippen LogP contribution in [0.25, 0.3) is 21.9 Å². The first-order valence-corrected chi connectivity index (χ1v) is 11.5. The zero-order valence-corrected chi connectivity index (χ0v) is 18.4. The first kappa shape index (κ1) is 20.6. The highest BCUT2D eigenvalue weighted by Gasteiger charge is 2.22. The molecule has 0 bridgehead atoms. The Hall–Kier alpha value is -3.32. The molecular weight excluding hydrogens is 402 g/mol. The van der Waals surface area contributed by atoms with Gasteiger partial charge >= 0.3 is 5.69 Å². The first-order chi connectivity index (χ1) is 15.6. The third-order valence-corrected chi connectivity index (χ3v) is 6.53. The molecule has 7 nitrogen and oxygen atoms in total. The fourth-order valence-corrected chi connectivity index (χ4v) is 4.94. The lowest BCUT2D eigenvalue weighted by molar-refractivity contribution is 0.0952. The Morgan fingerprint density at radius 1 is 1.09 bits per heavy atom. The van der Waals surface area contributed by atoms with Gasteiger partial charge in [-0.3, -0.25) is 9.69 Å².